The first-order chi connectivity index (χ1) is 10.8. The first-order valence-electron chi connectivity index (χ1n) is 8.29. The van der Waals surface area contributed by atoms with Gasteiger partial charge >= 0.3 is 0 Å². The number of rotatable bonds is 5. The summed E-state index contributed by atoms with van der Waals surface area (Å²) in [6.07, 6.45) is 7.31. The number of nitrogens with one attached hydrogen (secondary N) is 1. The van der Waals surface area contributed by atoms with E-state index >= 15 is 0 Å². The van der Waals surface area contributed by atoms with Gasteiger partial charge < -0.3 is 14.4 Å². The van der Waals surface area contributed by atoms with Crippen LogP contribution >= 0.6 is 0 Å². The van der Waals surface area contributed by atoms with Crippen molar-refractivity contribution in [3.8, 4) is 0 Å². The van der Waals surface area contributed by atoms with Gasteiger partial charge in [-0.05, 0) is 38.2 Å². The molecule has 2 fully saturated rings. The van der Waals surface area contributed by atoms with E-state index in [4.69, 9.17) is 9.47 Å². The van der Waals surface area contributed by atoms with Crippen molar-refractivity contribution in [3.05, 3.63) is 18.0 Å². The highest BCUT2D eigenvalue weighted by Gasteiger charge is 2.24. The monoisotopic (exact) mass is 307 g/mol. The lowest BCUT2D eigenvalue weighted by Gasteiger charge is -2.31. The van der Waals surface area contributed by atoms with Crippen LogP contribution in [0.15, 0.2) is 12.3 Å². The number of H-pyrrole nitrogens is 1. The largest absolute Gasteiger partial charge is 0.376 e. The molecule has 0 radical (unpaired) electrons. The number of aromatic amines is 1. The minimum Gasteiger partial charge on any atom is -0.376 e. The van der Waals surface area contributed by atoms with E-state index in [2.05, 4.69) is 10.2 Å². The maximum atomic E-state index is 12.2. The van der Waals surface area contributed by atoms with E-state index in [1.165, 1.54) is 12.1 Å². The quantitative estimate of drug-likeness (QED) is 0.899. The number of ether oxygens (including phenoxy) is 2. The van der Waals surface area contributed by atoms with Gasteiger partial charge in [-0.2, -0.15) is 5.10 Å². The molecule has 0 aromatic carbocycles. The zero-order valence-electron chi connectivity index (χ0n) is 13.0. The van der Waals surface area contributed by atoms with Crippen LogP contribution in [-0.2, 0) is 14.3 Å². The predicted octanol–water partition coefficient (Wildman–Crippen LogP) is 1.70. The second-order valence-electron chi connectivity index (χ2n) is 6.17. The molecule has 0 saturated carbocycles. The number of aromatic nitrogens is 2. The summed E-state index contributed by atoms with van der Waals surface area (Å²) in [5, 5.41) is 7.03. The smallest absolute Gasteiger partial charge is 0.248 e. The van der Waals surface area contributed by atoms with Crippen molar-refractivity contribution in [2.45, 2.75) is 44.1 Å². The molecule has 6 heteroatoms. The molecule has 3 rings (SSSR count). The third-order valence-corrected chi connectivity index (χ3v) is 4.61. The summed E-state index contributed by atoms with van der Waals surface area (Å²) in [4.78, 5) is 14.1. The topological polar surface area (TPSA) is 67.5 Å². The Labute approximate surface area is 131 Å². The summed E-state index contributed by atoms with van der Waals surface area (Å²) in [5.41, 5.74) is 1.18. The van der Waals surface area contributed by atoms with Crippen LogP contribution < -0.4 is 0 Å². The van der Waals surface area contributed by atoms with Gasteiger partial charge in [0.1, 0.15) is 6.61 Å². The van der Waals surface area contributed by atoms with Gasteiger partial charge in [-0.15, -0.1) is 0 Å². The molecular formula is C16H25N3O3. The van der Waals surface area contributed by atoms with Crippen LogP contribution in [0.25, 0.3) is 0 Å². The third-order valence-electron chi connectivity index (χ3n) is 4.61. The SMILES string of the molecule is O=C(COC[C@H]1CCCCO1)N1CCC(c2ccn[nH]2)CC1. The number of likely N-dealkylation sites (tertiary alicyclic amines) is 1. The normalized spacial score (nSPS) is 23.6. The van der Waals surface area contributed by atoms with Gasteiger partial charge in [0, 0.05) is 37.5 Å². The Morgan fingerprint density at radius 3 is 2.91 bits per heavy atom. The van der Waals surface area contributed by atoms with E-state index in [0.717, 1.165) is 45.4 Å². The lowest BCUT2D eigenvalue weighted by atomic mass is 9.94. The first kappa shape index (κ1) is 15.5. The van der Waals surface area contributed by atoms with Crippen molar-refractivity contribution >= 4 is 5.91 Å². The Hall–Kier alpha value is -1.40. The van der Waals surface area contributed by atoms with Crippen LogP contribution in [0, 0.1) is 0 Å². The molecule has 1 N–H and O–H groups in total. The molecule has 6 nitrogen and oxygen atoms in total. The summed E-state index contributed by atoms with van der Waals surface area (Å²) in [5.74, 6) is 0.585. The van der Waals surface area contributed by atoms with E-state index in [1.807, 2.05) is 11.0 Å². The number of nitrogens with zero attached hydrogens (tertiary/aromatic N) is 2. The second kappa shape index (κ2) is 7.74. The van der Waals surface area contributed by atoms with Crippen LogP contribution in [0.3, 0.4) is 0 Å². The standard InChI is InChI=1S/C16H25N3O3/c20-16(12-21-11-14-3-1-2-10-22-14)19-8-5-13(6-9-19)15-4-7-17-18-15/h4,7,13-14H,1-3,5-6,8-12H2,(H,17,18)/t14-/m1/s1. The fourth-order valence-electron chi connectivity index (χ4n) is 3.24. The summed E-state index contributed by atoms with van der Waals surface area (Å²) in [6, 6.07) is 2.02. The van der Waals surface area contributed by atoms with Gasteiger partial charge in [-0.1, -0.05) is 0 Å². The first-order valence-corrected chi connectivity index (χ1v) is 8.29. The number of piperidine rings is 1. The van der Waals surface area contributed by atoms with E-state index in [0.29, 0.717) is 12.5 Å². The van der Waals surface area contributed by atoms with Gasteiger partial charge in [0.15, 0.2) is 0 Å². The molecule has 0 bridgehead atoms. The van der Waals surface area contributed by atoms with Crippen molar-refractivity contribution in [3.63, 3.8) is 0 Å². The average Bonchev–Trinajstić information content (AvgIpc) is 3.10. The van der Waals surface area contributed by atoms with Gasteiger partial charge in [-0.25, -0.2) is 0 Å². The summed E-state index contributed by atoms with van der Waals surface area (Å²) in [7, 11) is 0. The molecule has 1 aromatic rings. The number of carbonyl (C=O) groups is 1. The molecule has 1 atom stereocenters. The molecule has 1 amide bonds. The zero-order chi connectivity index (χ0) is 15.2. The molecule has 22 heavy (non-hydrogen) atoms. The van der Waals surface area contributed by atoms with Crippen LogP contribution in [-0.4, -0.2) is 60.0 Å². The van der Waals surface area contributed by atoms with E-state index in [1.54, 1.807) is 6.20 Å². The fourth-order valence-corrected chi connectivity index (χ4v) is 3.24. The van der Waals surface area contributed by atoms with Gasteiger partial charge in [0.2, 0.25) is 5.91 Å². The minimum atomic E-state index is 0.0962. The molecule has 3 heterocycles. The van der Waals surface area contributed by atoms with E-state index in [9.17, 15) is 4.79 Å². The molecule has 0 spiro atoms. The molecular weight excluding hydrogens is 282 g/mol. The van der Waals surface area contributed by atoms with Gasteiger partial charge in [0.25, 0.3) is 0 Å². The number of amides is 1. The maximum absolute atomic E-state index is 12.2. The molecule has 2 aliphatic heterocycles. The Bertz CT molecular complexity index is 449. The van der Waals surface area contributed by atoms with E-state index in [-0.39, 0.29) is 18.6 Å². The highest BCUT2D eigenvalue weighted by Crippen LogP contribution is 2.26. The fraction of sp³-hybridized carbons (Fsp3) is 0.750. The van der Waals surface area contributed by atoms with Gasteiger partial charge in [-0.3, -0.25) is 9.89 Å². The van der Waals surface area contributed by atoms with E-state index < -0.39 is 0 Å². The second-order valence-corrected chi connectivity index (χ2v) is 6.17. The minimum absolute atomic E-state index is 0.0962. The molecule has 0 aliphatic carbocycles. The Balaban J connectivity index is 1.35. The molecule has 1 aromatic heterocycles. The Morgan fingerprint density at radius 1 is 1.36 bits per heavy atom. The highest BCUT2D eigenvalue weighted by atomic mass is 16.5. The predicted molar refractivity (Wildman–Crippen MR) is 81.6 cm³/mol. The third kappa shape index (κ3) is 4.08. The Kier molecular flexibility index (Phi) is 5.45. The lowest BCUT2D eigenvalue weighted by molar-refractivity contribution is -0.139. The Morgan fingerprint density at radius 2 is 2.23 bits per heavy atom. The number of carbonyl (C=O) groups excluding carboxylic acids is 1. The van der Waals surface area contributed by atoms with Crippen molar-refractivity contribution < 1.29 is 14.3 Å². The average molecular weight is 307 g/mol. The van der Waals surface area contributed by atoms with Crippen molar-refractivity contribution in [2.24, 2.45) is 0 Å². The van der Waals surface area contributed by atoms with Crippen LogP contribution in [0.4, 0.5) is 0 Å². The van der Waals surface area contributed by atoms with Crippen molar-refractivity contribution in [1.82, 2.24) is 15.1 Å². The zero-order valence-corrected chi connectivity index (χ0v) is 13.0. The summed E-state index contributed by atoms with van der Waals surface area (Å²) < 4.78 is 11.2. The number of hydrogen-bond acceptors (Lipinski definition) is 4. The highest BCUT2D eigenvalue weighted by molar-refractivity contribution is 5.77. The number of hydrogen-bond donors (Lipinski definition) is 1. The molecule has 0 unspecified atom stereocenters. The molecule has 2 aliphatic rings. The van der Waals surface area contributed by atoms with Gasteiger partial charge in [0.05, 0.1) is 12.7 Å². The summed E-state index contributed by atoms with van der Waals surface area (Å²) in [6.45, 7) is 3.13. The summed E-state index contributed by atoms with van der Waals surface area (Å²) >= 11 is 0. The molecule has 122 valence electrons. The lowest BCUT2D eigenvalue weighted by Crippen LogP contribution is -2.40. The van der Waals surface area contributed by atoms with Crippen molar-refractivity contribution in [1.29, 1.82) is 0 Å². The van der Waals surface area contributed by atoms with Crippen LogP contribution in [0.1, 0.15) is 43.7 Å². The van der Waals surface area contributed by atoms with Crippen LogP contribution in [0.5, 0.6) is 0 Å². The van der Waals surface area contributed by atoms with Crippen molar-refractivity contribution in [2.75, 3.05) is 32.9 Å². The molecule has 2 saturated heterocycles. The van der Waals surface area contributed by atoms with Crippen LogP contribution in [0.2, 0.25) is 0 Å². The maximum Gasteiger partial charge on any atom is 0.248 e.